The van der Waals surface area contributed by atoms with Gasteiger partial charge in [-0.25, -0.2) is 9.97 Å². The molecule has 1 aromatic carbocycles. The van der Waals surface area contributed by atoms with E-state index in [4.69, 9.17) is 5.73 Å². The molecule has 0 amide bonds. The minimum atomic E-state index is 0.0797. The molecule has 1 aromatic heterocycles. The van der Waals surface area contributed by atoms with Crippen LogP contribution in [0.5, 0.6) is 0 Å². The highest BCUT2D eigenvalue weighted by Gasteiger charge is 2.30. The summed E-state index contributed by atoms with van der Waals surface area (Å²) in [4.78, 5) is 8.67. The van der Waals surface area contributed by atoms with Crippen LogP contribution in [0.3, 0.4) is 0 Å². The Morgan fingerprint density at radius 1 is 1.22 bits per heavy atom. The Balaban J connectivity index is 1.78. The minimum Gasteiger partial charge on any atom is -0.323 e. The van der Waals surface area contributed by atoms with Crippen molar-refractivity contribution in [1.29, 1.82) is 0 Å². The average Bonchev–Trinajstić information content (AvgIpc) is 2.70. The molecule has 0 bridgehead atoms. The summed E-state index contributed by atoms with van der Waals surface area (Å²) in [5, 5.41) is 1.15. The van der Waals surface area contributed by atoms with Gasteiger partial charge in [0.05, 0.1) is 0 Å². The van der Waals surface area contributed by atoms with Gasteiger partial charge >= 0.3 is 0 Å². The van der Waals surface area contributed by atoms with Crippen molar-refractivity contribution in [2.24, 2.45) is 5.73 Å². The topological polar surface area (TPSA) is 51.8 Å². The van der Waals surface area contributed by atoms with E-state index in [1.54, 1.807) is 11.8 Å². The number of aromatic nitrogens is 2. The largest absolute Gasteiger partial charge is 0.323 e. The molecule has 18 heavy (non-hydrogen) atoms. The average molecular weight is 257 g/mol. The predicted molar refractivity (Wildman–Crippen MR) is 73.5 cm³/mol. The molecule has 0 saturated carbocycles. The monoisotopic (exact) mass is 257 g/mol. The molecule has 3 rings (SSSR count). The quantitative estimate of drug-likeness (QED) is 0.840. The molecule has 92 valence electrons. The van der Waals surface area contributed by atoms with Crippen molar-refractivity contribution in [2.45, 2.75) is 29.8 Å². The number of nitrogens with zero attached hydrogens (tertiary/aromatic N) is 2. The molecule has 0 fully saturated rings. The van der Waals surface area contributed by atoms with Crippen molar-refractivity contribution >= 4 is 11.8 Å². The first-order chi connectivity index (χ1) is 8.74. The Labute approximate surface area is 111 Å². The third kappa shape index (κ3) is 2.13. The maximum absolute atomic E-state index is 6.29. The maximum Gasteiger partial charge on any atom is 0.187 e. The van der Waals surface area contributed by atoms with Crippen LogP contribution in [0.1, 0.15) is 22.7 Å². The second-order valence-corrected chi connectivity index (χ2v) is 5.83. The zero-order valence-electron chi connectivity index (χ0n) is 10.2. The molecule has 0 aliphatic heterocycles. The fraction of sp³-hybridized carbons (Fsp3) is 0.286. The lowest BCUT2D eigenvalue weighted by Crippen LogP contribution is -2.19. The maximum atomic E-state index is 6.29. The van der Waals surface area contributed by atoms with Gasteiger partial charge in [0.25, 0.3) is 0 Å². The number of benzene rings is 1. The van der Waals surface area contributed by atoms with E-state index in [2.05, 4.69) is 28.2 Å². The number of fused-ring (bicyclic) bond motifs is 1. The molecule has 1 heterocycles. The molecule has 0 radical (unpaired) electrons. The van der Waals surface area contributed by atoms with E-state index in [0.29, 0.717) is 5.25 Å². The van der Waals surface area contributed by atoms with Crippen LogP contribution in [0.4, 0.5) is 0 Å². The van der Waals surface area contributed by atoms with E-state index in [0.717, 1.165) is 17.1 Å². The first-order valence-corrected chi connectivity index (χ1v) is 6.90. The van der Waals surface area contributed by atoms with Crippen molar-refractivity contribution in [3.05, 3.63) is 53.3 Å². The highest BCUT2D eigenvalue weighted by molar-refractivity contribution is 7.99. The molecule has 2 unspecified atom stereocenters. The number of aryl methyl sites for hydroxylation is 1. The van der Waals surface area contributed by atoms with Crippen LogP contribution in [0.15, 0.2) is 41.8 Å². The molecule has 1 aliphatic rings. The van der Waals surface area contributed by atoms with Gasteiger partial charge in [-0.05, 0) is 30.0 Å². The molecular formula is C14H15N3S. The Morgan fingerprint density at radius 3 is 2.67 bits per heavy atom. The summed E-state index contributed by atoms with van der Waals surface area (Å²) in [5.74, 6) is 0. The van der Waals surface area contributed by atoms with Gasteiger partial charge in [-0.2, -0.15) is 0 Å². The summed E-state index contributed by atoms with van der Waals surface area (Å²) in [5.41, 5.74) is 10.00. The lowest BCUT2D eigenvalue weighted by molar-refractivity contribution is 0.727. The van der Waals surface area contributed by atoms with Crippen LogP contribution < -0.4 is 5.73 Å². The third-order valence-electron chi connectivity index (χ3n) is 3.25. The number of hydrogen-bond donors (Lipinski definition) is 1. The standard InChI is InChI=1S/C14H15N3S/c1-9-7-16-14(17-8-9)18-12-6-10-4-2-3-5-11(10)13(12)15/h2-5,7-8,12-13H,6,15H2,1H3. The van der Waals surface area contributed by atoms with Gasteiger partial charge in [0.2, 0.25) is 0 Å². The Bertz CT molecular complexity index is 553. The summed E-state index contributed by atoms with van der Waals surface area (Å²) in [7, 11) is 0. The zero-order chi connectivity index (χ0) is 12.5. The molecular weight excluding hydrogens is 242 g/mol. The van der Waals surface area contributed by atoms with Crippen LogP contribution in [-0.4, -0.2) is 15.2 Å². The van der Waals surface area contributed by atoms with E-state index in [1.165, 1.54) is 11.1 Å². The van der Waals surface area contributed by atoms with E-state index >= 15 is 0 Å². The fourth-order valence-electron chi connectivity index (χ4n) is 2.28. The van der Waals surface area contributed by atoms with Gasteiger partial charge < -0.3 is 5.73 Å². The van der Waals surface area contributed by atoms with Crippen LogP contribution in [0.2, 0.25) is 0 Å². The first-order valence-electron chi connectivity index (χ1n) is 6.03. The summed E-state index contributed by atoms with van der Waals surface area (Å²) in [6.45, 7) is 1.99. The fourth-order valence-corrected chi connectivity index (χ4v) is 3.34. The van der Waals surface area contributed by atoms with Gasteiger partial charge in [0.1, 0.15) is 0 Å². The van der Waals surface area contributed by atoms with E-state index in [1.807, 2.05) is 25.4 Å². The molecule has 0 saturated heterocycles. The van der Waals surface area contributed by atoms with E-state index < -0.39 is 0 Å². The van der Waals surface area contributed by atoms with Crippen LogP contribution >= 0.6 is 11.8 Å². The Hall–Kier alpha value is -1.39. The lowest BCUT2D eigenvalue weighted by Gasteiger charge is -2.14. The highest BCUT2D eigenvalue weighted by atomic mass is 32.2. The molecule has 1 aliphatic carbocycles. The van der Waals surface area contributed by atoms with Crippen LogP contribution in [0.25, 0.3) is 0 Å². The molecule has 0 spiro atoms. The Morgan fingerprint density at radius 2 is 1.94 bits per heavy atom. The Kier molecular flexibility index (Phi) is 3.06. The van der Waals surface area contributed by atoms with Crippen molar-refractivity contribution in [2.75, 3.05) is 0 Å². The van der Waals surface area contributed by atoms with E-state index in [9.17, 15) is 0 Å². The second kappa shape index (κ2) is 4.71. The summed E-state index contributed by atoms with van der Waals surface area (Å²) in [6, 6.07) is 8.48. The number of thioether (sulfide) groups is 1. The molecule has 2 aromatic rings. The normalized spacial score (nSPS) is 21.9. The second-order valence-electron chi connectivity index (χ2n) is 4.63. The minimum absolute atomic E-state index is 0.0797. The summed E-state index contributed by atoms with van der Waals surface area (Å²) in [6.07, 6.45) is 4.70. The summed E-state index contributed by atoms with van der Waals surface area (Å²) < 4.78 is 0. The zero-order valence-corrected chi connectivity index (χ0v) is 11.0. The molecule has 3 nitrogen and oxygen atoms in total. The van der Waals surface area contributed by atoms with Crippen molar-refractivity contribution in [1.82, 2.24) is 9.97 Å². The SMILES string of the molecule is Cc1cnc(SC2Cc3ccccc3C2N)nc1. The van der Waals surface area contributed by atoms with Gasteiger partial charge in [-0.1, -0.05) is 36.0 Å². The molecule has 4 heteroatoms. The van der Waals surface area contributed by atoms with Crippen molar-refractivity contribution < 1.29 is 0 Å². The first kappa shape index (κ1) is 11.7. The number of nitrogens with two attached hydrogens (primary N) is 1. The highest BCUT2D eigenvalue weighted by Crippen LogP contribution is 2.38. The van der Waals surface area contributed by atoms with Crippen molar-refractivity contribution in [3.8, 4) is 0 Å². The number of hydrogen-bond acceptors (Lipinski definition) is 4. The lowest BCUT2D eigenvalue weighted by atomic mass is 10.1. The van der Waals surface area contributed by atoms with Gasteiger partial charge in [-0.3, -0.25) is 0 Å². The molecule has 2 atom stereocenters. The van der Waals surface area contributed by atoms with Gasteiger partial charge in [0.15, 0.2) is 5.16 Å². The van der Waals surface area contributed by atoms with Crippen LogP contribution in [0, 0.1) is 6.92 Å². The van der Waals surface area contributed by atoms with Crippen LogP contribution in [-0.2, 0) is 6.42 Å². The summed E-state index contributed by atoms with van der Waals surface area (Å²) >= 11 is 1.68. The van der Waals surface area contributed by atoms with E-state index in [-0.39, 0.29) is 6.04 Å². The van der Waals surface area contributed by atoms with Gasteiger partial charge in [-0.15, -0.1) is 0 Å². The number of rotatable bonds is 2. The van der Waals surface area contributed by atoms with Crippen molar-refractivity contribution in [3.63, 3.8) is 0 Å². The third-order valence-corrected chi connectivity index (χ3v) is 4.43. The van der Waals surface area contributed by atoms with Gasteiger partial charge in [0, 0.05) is 23.7 Å². The predicted octanol–water partition coefficient (Wildman–Crippen LogP) is 2.50. The molecule has 2 N–H and O–H groups in total. The smallest absolute Gasteiger partial charge is 0.187 e.